The molecular formula is C24H31BrFN5O. The summed E-state index contributed by atoms with van der Waals surface area (Å²) in [5.41, 5.74) is 3.14. The fourth-order valence-corrected chi connectivity index (χ4v) is 4.91. The van der Waals surface area contributed by atoms with Crippen LogP contribution in [0, 0.1) is 5.82 Å². The van der Waals surface area contributed by atoms with Gasteiger partial charge in [0.25, 0.3) is 0 Å². The number of aryl methyl sites for hydroxylation is 1. The Kier molecular flexibility index (Phi) is 7.10. The van der Waals surface area contributed by atoms with Gasteiger partial charge in [-0.1, -0.05) is 26.8 Å². The molecule has 1 aromatic carbocycles. The third kappa shape index (κ3) is 4.81. The van der Waals surface area contributed by atoms with Gasteiger partial charge in [-0.15, -0.1) is 0 Å². The molecule has 1 aromatic heterocycles. The maximum atomic E-state index is 14.2. The highest BCUT2D eigenvalue weighted by Crippen LogP contribution is 2.37. The molecule has 172 valence electrons. The molecule has 1 N–H and O–H groups in total. The van der Waals surface area contributed by atoms with Gasteiger partial charge in [0.15, 0.2) is 0 Å². The second-order valence-electron chi connectivity index (χ2n) is 9.10. The summed E-state index contributed by atoms with van der Waals surface area (Å²) in [7, 11) is 0. The molecule has 1 aliphatic heterocycles. The van der Waals surface area contributed by atoms with Crippen molar-refractivity contribution in [3.8, 4) is 0 Å². The van der Waals surface area contributed by atoms with E-state index in [1.54, 1.807) is 12.4 Å². The molecule has 1 amide bonds. The standard InChI is InChI=1S/C24H31BrFN5O/c1-15(2)27-13-18(17-5-6-19(25)20(26)12-17)24(32)31-10-8-30(9-11-31)23-22-16(3)4-7-21(22)28-14-29-23/h5-6,12,14-16,18,27H,4,7-11,13H2,1-3H3. The van der Waals surface area contributed by atoms with Crippen molar-refractivity contribution in [3.05, 3.63) is 51.6 Å². The van der Waals surface area contributed by atoms with E-state index in [0.29, 0.717) is 35.6 Å². The van der Waals surface area contributed by atoms with Crippen molar-refractivity contribution in [2.45, 2.75) is 51.5 Å². The number of piperazine rings is 1. The van der Waals surface area contributed by atoms with Crippen LogP contribution in [0.5, 0.6) is 0 Å². The highest BCUT2D eigenvalue weighted by molar-refractivity contribution is 9.10. The van der Waals surface area contributed by atoms with Crippen LogP contribution in [0.4, 0.5) is 10.2 Å². The van der Waals surface area contributed by atoms with Crippen molar-refractivity contribution < 1.29 is 9.18 Å². The van der Waals surface area contributed by atoms with E-state index in [9.17, 15) is 9.18 Å². The first-order valence-corrected chi connectivity index (χ1v) is 12.2. The van der Waals surface area contributed by atoms with Crippen molar-refractivity contribution in [3.63, 3.8) is 0 Å². The highest BCUT2D eigenvalue weighted by atomic mass is 79.9. The van der Waals surface area contributed by atoms with Crippen LogP contribution in [-0.4, -0.2) is 59.5 Å². The first kappa shape index (κ1) is 23.1. The van der Waals surface area contributed by atoms with E-state index in [0.717, 1.165) is 37.4 Å². The number of benzene rings is 1. The third-order valence-electron chi connectivity index (χ3n) is 6.52. The number of anilines is 1. The molecule has 0 radical (unpaired) electrons. The fraction of sp³-hybridized carbons (Fsp3) is 0.542. The average molecular weight is 504 g/mol. The molecule has 2 atom stereocenters. The molecule has 2 heterocycles. The fourth-order valence-electron chi connectivity index (χ4n) is 4.66. The van der Waals surface area contributed by atoms with Crippen LogP contribution in [0.3, 0.4) is 0 Å². The quantitative estimate of drug-likeness (QED) is 0.648. The van der Waals surface area contributed by atoms with Crippen LogP contribution in [-0.2, 0) is 11.2 Å². The summed E-state index contributed by atoms with van der Waals surface area (Å²) in [4.78, 5) is 26.8. The van der Waals surface area contributed by atoms with E-state index in [2.05, 4.69) is 43.0 Å². The maximum Gasteiger partial charge on any atom is 0.231 e. The molecule has 0 spiro atoms. The van der Waals surface area contributed by atoms with Gasteiger partial charge >= 0.3 is 0 Å². The normalized spacial score (nSPS) is 19.4. The molecule has 2 aromatic rings. The smallest absolute Gasteiger partial charge is 0.231 e. The largest absolute Gasteiger partial charge is 0.353 e. The monoisotopic (exact) mass is 503 g/mol. The van der Waals surface area contributed by atoms with Crippen molar-refractivity contribution in [1.82, 2.24) is 20.2 Å². The summed E-state index contributed by atoms with van der Waals surface area (Å²) in [5.74, 6) is 0.775. The average Bonchev–Trinajstić information content (AvgIpc) is 3.17. The van der Waals surface area contributed by atoms with Crippen molar-refractivity contribution in [2.24, 2.45) is 0 Å². The lowest BCUT2D eigenvalue weighted by Gasteiger charge is -2.38. The third-order valence-corrected chi connectivity index (χ3v) is 7.16. The van der Waals surface area contributed by atoms with Crippen LogP contribution < -0.4 is 10.2 Å². The van der Waals surface area contributed by atoms with Gasteiger partial charge in [-0.05, 0) is 52.4 Å². The summed E-state index contributed by atoms with van der Waals surface area (Å²) >= 11 is 3.21. The van der Waals surface area contributed by atoms with E-state index in [4.69, 9.17) is 0 Å². The highest BCUT2D eigenvalue weighted by Gasteiger charge is 2.32. The number of carbonyl (C=O) groups is 1. The number of rotatable bonds is 6. The number of nitrogens with zero attached hydrogens (tertiary/aromatic N) is 4. The summed E-state index contributed by atoms with van der Waals surface area (Å²) < 4.78 is 14.6. The number of nitrogens with one attached hydrogen (secondary N) is 1. The minimum atomic E-state index is -0.421. The second kappa shape index (κ2) is 9.83. The predicted octanol–water partition coefficient (Wildman–Crippen LogP) is 3.86. The van der Waals surface area contributed by atoms with E-state index in [1.807, 2.05) is 24.8 Å². The number of hydrogen-bond acceptors (Lipinski definition) is 5. The topological polar surface area (TPSA) is 61.4 Å². The van der Waals surface area contributed by atoms with Crippen LogP contribution >= 0.6 is 15.9 Å². The SMILES string of the molecule is CC(C)NCC(C(=O)N1CCN(c2ncnc3c2C(C)CC3)CC1)c1ccc(Br)c(F)c1. The summed E-state index contributed by atoms with van der Waals surface area (Å²) in [6.45, 7) is 9.54. The van der Waals surface area contributed by atoms with Crippen LogP contribution in [0.2, 0.25) is 0 Å². The van der Waals surface area contributed by atoms with Gasteiger partial charge in [0.2, 0.25) is 5.91 Å². The first-order chi connectivity index (χ1) is 15.3. The second-order valence-corrected chi connectivity index (χ2v) is 9.95. The molecule has 8 heteroatoms. The zero-order chi connectivity index (χ0) is 22.8. The lowest BCUT2D eigenvalue weighted by Crippen LogP contribution is -2.51. The molecule has 4 rings (SSSR count). The number of amides is 1. The molecule has 1 saturated heterocycles. The first-order valence-electron chi connectivity index (χ1n) is 11.4. The molecule has 32 heavy (non-hydrogen) atoms. The van der Waals surface area contributed by atoms with Gasteiger partial charge < -0.3 is 15.1 Å². The zero-order valence-electron chi connectivity index (χ0n) is 18.9. The van der Waals surface area contributed by atoms with E-state index in [1.165, 1.54) is 11.6 Å². The van der Waals surface area contributed by atoms with E-state index < -0.39 is 5.92 Å². The Balaban J connectivity index is 1.48. The molecule has 1 fully saturated rings. The Hall–Kier alpha value is -2.06. The Morgan fingerprint density at radius 1 is 1.25 bits per heavy atom. The molecular weight excluding hydrogens is 473 g/mol. The minimum Gasteiger partial charge on any atom is -0.353 e. The number of carbonyl (C=O) groups excluding carboxylic acids is 1. The lowest BCUT2D eigenvalue weighted by molar-refractivity contribution is -0.133. The van der Waals surface area contributed by atoms with Gasteiger partial charge in [0.05, 0.1) is 10.4 Å². The van der Waals surface area contributed by atoms with Gasteiger partial charge in [0.1, 0.15) is 18.0 Å². The van der Waals surface area contributed by atoms with Gasteiger partial charge in [-0.2, -0.15) is 0 Å². The van der Waals surface area contributed by atoms with Crippen molar-refractivity contribution in [2.75, 3.05) is 37.6 Å². The zero-order valence-corrected chi connectivity index (χ0v) is 20.5. The van der Waals surface area contributed by atoms with Gasteiger partial charge in [0, 0.05) is 50.0 Å². The number of fused-ring (bicyclic) bond motifs is 1. The molecule has 6 nitrogen and oxygen atoms in total. The summed E-state index contributed by atoms with van der Waals surface area (Å²) in [6.07, 6.45) is 3.80. The Morgan fingerprint density at radius 2 is 2.00 bits per heavy atom. The van der Waals surface area contributed by atoms with Crippen LogP contribution in [0.1, 0.15) is 55.8 Å². The Bertz CT molecular complexity index is 977. The summed E-state index contributed by atoms with van der Waals surface area (Å²) in [5, 5.41) is 3.36. The van der Waals surface area contributed by atoms with Gasteiger partial charge in [-0.3, -0.25) is 4.79 Å². The Labute approximate surface area is 197 Å². The molecule has 2 aliphatic rings. The predicted molar refractivity (Wildman–Crippen MR) is 128 cm³/mol. The number of hydrogen-bond donors (Lipinski definition) is 1. The lowest BCUT2D eigenvalue weighted by atomic mass is 9.96. The molecule has 1 aliphatic carbocycles. The van der Waals surface area contributed by atoms with Crippen molar-refractivity contribution in [1.29, 1.82) is 0 Å². The van der Waals surface area contributed by atoms with Crippen LogP contribution in [0.15, 0.2) is 29.0 Å². The van der Waals surface area contributed by atoms with E-state index in [-0.39, 0.29) is 17.8 Å². The minimum absolute atomic E-state index is 0.0424. The molecule has 2 unspecified atom stereocenters. The number of halogens is 2. The van der Waals surface area contributed by atoms with Crippen molar-refractivity contribution >= 4 is 27.7 Å². The van der Waals surface area contributed by atoms with Crippen LogP contribution in [0.25, 0.3) is 0 Å². The summed E-state index contributed by atoms with van der Waals surface area (Å²) in [6, 6.07) is 5.22. The number of aromatic nitrogens is 2. The Morgan fingerprint density at radius 3 is 2.69 bits per heavy atom. The van der Waals surface area contributed by atoms with Gasteiger partial charge in [-0.25, -0.2) is 14.4 Å². The molecule has 0 saturated carbocycles. The van der Waals surface area contributed by atoms with E-state index >= 15 is 0 Å². The molecule has 0 bridgehead atoms. The maximum absolute atomic E-state index is 14.2.